The highest BCUT2D eigenvalue weighted by molar-refractivity contribution is 6.02. The van der Waals surface area contributed by atoms with Crippen LogP contribution in [-0.4, -0.2) is 30.9 Å². The molecule has 0 heterocycles. The van der Waals surface area contributed by atoms with Gasteiger partial charge in [-0.05, 0) is 32.6 Å². The number of Topliss-reactive ketones (excluding diaryl/α,β-unsaturated/α-hetero) is 1. The van der Waals surface area contributed by atoms with Crippen molar-refractivity contribution in [1.82, 2.24) is 0 Å². The Morgan fingerprint density at radius 2 is 1.57 bits per heavy atom. The highest BCUT2D eigenvalue weighted by Crippen LogP contribution is 2.31. The second kappa shape index (κ2) is 8.80. The molecule has 0 aromatic rings. The lowest BCUT2D eigenvalue weighted by Crippen LogP contribution is -2.35. The van der Waals surface area contributed by atoms with E-state index in [2.05, 4.69) is 6.92 Å². The standard InChI is InChI=1S/C16H26O5/c1-4-20-14(17)10-13(16(19)21-5-2)15(18)12-8-6-11(3)7-9-12/h11-13H,4-10H2,1-3H3. The lowest BCUT2D eigenvalue weighted by molar-refractivity contribution is -0.159. The van der Waals surface area contributed by atoms with Crippen LogP contribution in [0.15, 0.2) is 0 Å². The van der Waals surface area contributed by atoms with Gasteiger partial charge in [0.2, 0.25) is 0 Å². The Bertz CT molecular complexity index is 369. The highest BCUT2D eigenvalue weighted by Gasteiger charge is 2.36. The van der Waals surface area contributed by atoms with Crippen molar-refractivity contribution in [1.29, 1.82) is 0 Å². The number of rotatable bonds is 7. The Kier molecular flexibility index (Phi) is 7.40. The van der Waals surface area contributed by atoms with Crippen LogP contribution in [0.4, 0.5) is 0 Å². The van der Waals surface area contributed by atoms with Gasteiger partial charge in [-0.1, -0.05) is 19.8 Å². The van der Waals surface area contributed by atoms with Crippen molar-refractivity contribution in [3.8, 4) is 0 Å². The van der Waals surface area contributed by atoms with E-state index in [-0.39, 0.29) is 31.3 Å². The van der Waals surface area contributed by atoms with Crippen molar-refractivity contribution in [2.45, 2.75) is 52.9 Å². The van der Waals surface area contributed by atoms with Gasteiger partial charge in [-0.2, -0.15) is 0 Å². The van der Waals surface area contributed by atoms with Crippen molar-refractivity contribution in [2.75, 3.05) is 13.2 Å². The molecule has 1 atom stereocenters. The molecule has 1 aliphatic rings. The van der Waals surface area contributed by atoms with E-state index >= 15 is 0 Å². The molecule has 1 rings (SSSR count). The van der Waals surface area contributed by atoms with Crippen LogP contribution in [0.25, 0.3) is 0 Å². The van der Waals surface area contributed by atoms with Gasteiger partial charge in [-0.15, -0.1) is 0 Å². The van der Waals surface area contributed by atoms with Gasteiger partial charge in [0.25, 0.3) is 0 Å². The molecular weight excluding hydrogens is 272 g/mol. The summed E-state index contributed by atoms with van der Waals surface area (Å²) in [7, 11) is 0. The molecule has 0 aliphatic heterocycles. The molecule has 120 valence electrons. The summed E-state index contributed by atoms with van der Waals surface area (Å²) in [6.07, 6.45) is 3.35. The quantitative estimate of drug-likeness (QED) is 0.533. The van der Waals surface area contributed by atoms with Crippen LogP contribution in [0.1, 0.15) is 52.9 Å². The predicted octanol–water partition coefficient (Wildman–Crippen LogP) is 2.51. The van der Waals surface area contributed by atoms with E-state index in [4.69, 9.17) is 9.47 Å². The first kappa shape index (κ1) is 17.7. The van der Waals surface area contributed by atoms with Crippen LogP contribution in [0.5, 0.6) is 0 Å². The van der Waals surface area contributed by atoms with Gasteiger partial charge in [0.05, 0.1) is 19.6 Å². The Morgan fingerprint density at radius 3 is 2.10 bits per heavy atom. The Morgan fingerprint density at radius 1 is 1.00 bits per heavy atom. The molecule has 0 spiro atoms. The van der Waals surface area contributed by atoms with Crippen molar-refractivity contribution < 1.29 is 23.9 Å². The van der Waals surface area contributed by atoms with E-state index in [0.29, 0.717) is 5.92 Å². The van der Waals surface area contributed by atoms with Gasteiger partial charge in [0.1, 0.15) is 5.92 Å². The predicted molar refractivity (Wildman–Crippen MR) is 77.5 cm³/mol. The minimum atomic E-state index is -1.01. The van der Waals surface area contributed by atoms with E-state index in [0.717, 1.165) is 25.7 Å². The van der Waals surface area contributed by atoms with Crippen LogP contribution in [0, 0.1) is 17.8 Å². The molecule has 0 N–H and O–H groups in total. The maximum Gasteiger partial charge on any atom is 0.317 e. The highest BCUT2D eigenvalue weighted by atomic mass is 16.5. The monoisotopic (exact) mass is 298 g/mol. The van der Waals surface area contributed by atoms with Crippen molar-refractivity contribution in [2.24, 2.45) is 17.8 Å². The molecule has 0 aromatic heterocycles. The van der Waals surface area contributed by atoms with E-state index < -0.39 is 17.9 Å². The fourth-order valence-electron chi connectivity index (χ4n) is 2.76. The third-order valence-electron chi connectivity index (χ3n) is 4.01. The lowest BCUT2D eigenvalue weighted by atomic mass is 9.77. The minimum Gasteiger partial charge on any atom is -0.466 e. The molecule has 21 heavy (non-hydrogen) atoms. The molecular formula is C16H26O5. The van der Waals surface area contributed by atoms with Crippen molar-refractivity contribution in [3.63, 3.8) is 0 Å². The van der Waals surface area contributed by atoms with Crippen LogP contribution < -0.4 is 0 Å². The number of ketones is 1. The van der Waals surface area contributed by atoms with E-state index in [1.165, 1.54) is 0 Å². The van der Waals surface area contributed by atoms with Crippen LogP contribution in [-0.2, 0) is 23.9 Å². The molecule has 0 aromatic carbocycles. The number of carbonyl (C=O) groups is 3. The maximum atomic E-state index is 12.6. The maximum absolute atomic E-state index is 12.6. The van der Waals surface area contributed by atoms with Crippen LogP contribution in [0.2, 0.25) is 0 Å². The third-order valence-corrected chi connectivity index (χ3v) is 4.01. The molecule has 1 saturated carbocycles. The van der Waals surface area contributed by atoms with Crippen molar-refractivity contribution >= 4 is 17.7 Å². The van der Waals surface area contributed by atoms with E-state index in [1.54, 1.807) is 13.8 Å². The molecule has 1 aliphatic carbocycles. The molecule has 1 unspecified atom stereocenters. The second-order valence-electron chi connectivity index (χ2n) is 5.67. The number of carbonyl (C=O) groups excluding carboxylic acids is 3. The lowest BCUT2D eigenvalue weighted by Gasteiger charge is -2.27. The van der Waals surface area contributed by atoms with Gasteiger partial charge in [-0.25, -0.2) is 0 Å². The zero-order valence-electron chi connectivity index (χ0n) is 13.2. The van der Waals surface area contributed by atoms with Crippen LogP contribution >= 0.6 is 0 Å². The zero-order valence-corrected chi connectivity index (χ0v) is 13.2. The summed E-state index contributed by atoms with van der Waals surface area (Å²) >= 11 is 0. The number of esters is 2. The summed E-state index contributed by atoms with van der Waals surface area (Å²) in [6, 6.07) is 0. The first-order chi connectivity index (χ1) is 9.99. The molecule has 5 nitrogen and oxygen atoms in total. The molecule has 0 bridgehead atoms. The number of hydrogen-bond acceptors (Lipinski definition) is 5. The molecule has 0 saturated heterocycles. The third kappa shape index (κ3) is 5.48. The molecule has 0 amide bonds. The molecule has 0 radical (unpaired) electrons. The smallest absolute Gasteiger partial charge is 0.317 e. The Labute approximate surface area is 126 Å². The van der Waals surface area contributed by atoms with E-state index in [1.807, 2.05) is 0 Å². The average molecular weight is 298 g/mol. The van der Waals surface area contributed by atoms with Gasteiger partial charge < -0.3 is 9.47 Å². The summed E-state index contributed by atoms with van der Waals surface area (Å²) in [5, 5.41) is 0. The summed E-state index contributed by atoms with van der Waals surface area (Å²) in [6.45, 7) is 5.99. The first-order valence-corrected chi connectivity index (χ1v) is 7.85. The average Bonchev–Trinajstić information content (AvgIpc) is 2.45. The summed E-state index contributed by atoms with van der Waals surface area (Å²) in [4.78, 5) is 36.2. The number of hydrogen-bond donors (Lipinski definition) is 0. The fraction of sp³-hybridized carbons (Fsp3) is 0.812. The summed E-state index contributed by atoms with van der Waals surface area (Å²) in [5.74, 6) is -1.80. The van der Waals surface area contributed by atoms with Gasteiger partial charge in [0, 0.05) is 5.92 Å². The largest absolute Gasteiger partial charge is 0.466 e. The Hall–Kier alpha value is -1.39. The first-order valence-electron chi connectivity index (χ1n) is 7.85. The van der Waals surface area contributed by atoms with Gasteiger partial charge in [-0.3, -0.25) is 14.4 Å². The van der Waals surface area contributed by atoms with Crippen molar-refractivity contribution in [3.05, 3.63) is 0 Å². The minimum absolute atomic E-state index is 0.134. The van der Waals surface area contributed by atoms with E-state index in [9.17, 15) is 14.4 Å². The normalized spacial score (nSPS) is 23.2. The number of ether oxygens (including phenoxy) is 2. The zero-order chi connectivity index (χ0) is 15.8. The van der Waals surface area contributed by atoms with Gasteiger partial charge >= 0.3 is 11.9 Å². The topological polar surface area (TPSA) is 69.7 Å². The Balaban J connectivity index is 2.72. The molecule has 1 fully saturated rings. The SMILES string of the molecule is CCOC(=O)CC(C(=O)OCC)C(=O)C1CCC(C)CC1. The summed E-state index contributed by atoms with van der Waals surface area (Å²) in [5.41, 5.74) is 0. The molecule has 5 heteroatoms. The van der Waals surface area contributed by atoms with Gasteiger partial charge in [0.15, 0.2) is 5.78 Å². The second-order valence-corrected chi connectivity index (χ2v) is 5.67. The summed E-state index contributed by atoms with van der Waals surface area (Å²) < 4.78 is 9.80. The fourth-order valence-corrected chi connectivity index (χ4v) is 2.76. The van der Waals surface area contributed by atoms with Crippen LogP contribution in [0.3, 0.4) is 0 Å².